The molecule has 4 rings (SSSR count). The van der Waals surface area contributed by atoms with E-state index in [4.69, 9.17) is 4.74 Å². The number of hydrogen-bond donors (Lipinski definition) is 1. The van der Waals surface area contributed by atoms with Crippen LogP contribution < -0.4 is 10.1 Å². The van der Waals surface area contributed by atoms with Gasteiger partial charge in [0.15, 0.2) is 0 Å². The van der Waals surface area contributed by atoms with Crippen LogP contribution in [0.3, 0.4) is 0 Å². The molecule has 0 aliphatic carbocycles. The Morgan fingerprint density at radius 1 is 1.08 bits per heavy atom. The number of aryl methyl sites for hydroxylation is 1. The van der Waals surface area contributed by atoms with Crippen LogP contribution in [0.4, 0.5) is 0 Å². The van der Waals surface area contributed by atoms with Crippen molar-refractivity contribution in [2.45, 2.75) is 37.0 Å². The Morgan fingerprint density at radius 3 is 2.75 bits per heavy atom. The SMILES string of the molecule is O=C1NCSC1Cc1ccc2c(c1)CCC(Cc1ccccc1)O2. The number of hydrogen-bond acceptors (Lipinski definition) is 3. The highest BCUT2D eigenvalue weighted by Crippen LogP contribution is 2.31. The van der Waals surface area contributed by atoms with Crippen LogP contribution in [0.1, 0.15) is 23.1 Å². The molecule has 0 spiro atoms. The van der Waals surface area contributed by atoms with Gasteiger partial charge in [0.1, 0.15) is 11.9 Å². The fraction of sp³-hybridized carbons (Fsp3) is 0.350. The summed E-state index contributed by atoms with van der Waals surface area (Å²) >= 11 is 1.69. The first-order valence-electron chi connectivity index (χ1n) is 8.49. The van der Waals surface area contributed by atoms with E-state index in [2.05, 4.69) is 47.8 Å². The molecule has 2 aliphatic heterocycles. The predicted molar refractivity (Wildman–Crippen MR) is 97.4 cm³/mol. The standard InChI is InChI=1S/C20H21NO2S/c22-20-19(24-13-21-20)12-15-6-9-18-16(10-15)7-8-17(23-18)11-14-4-2-1-3-5-14/h1-6,9-10,17,19H,7-8,11-13H2,(H,21,22). The molecule has 2 aromatic rings. The van der Waals surface area contributed by atoms with E-state index < -0.39 is 0 Å². The van der Waals surface area contributed by atoms with E-state index in [-0.39, 0.29) is 17.3 Å². The lowest BCUT2D eigenvalue weighted by Crippen LogP contribution is -2.26. The molecular formula is C20H21NO2S. The minimum Gasteiger partial charge on any atom is -0.490 e. The van der Waals surface area contributed by atoms with Crippen LogP contribution >= 0.6 is 11.8 Å². The maximum Gasteiger partial charge on any atom is 0.234 e. The summed E-state index contributed by atoms with van der Waals surface area (Å²) < 4.78 is 6.20. The van der Waals surface area contributed by atoms with E-state index in [0.29, 0.717) is 0 Å². The van der Waals surface area contributed by atoms with Gasteiger partial charge < -0.3 is 10.1 Å². The molecule has 1 saturated heterocycles. The van der Waals surface area contributed by atoms with Crippen molar-refractivity contribution in [2.24, 2.45) is 0 Å². The van der Waals surface area contributed by atoms with Gasteiger partial charge in [-0.15, -0.1) is 11.8 Å². The zero-order chi connectivity index (χ0) is 16.4. The van der Waals surface area contributed by atoms with E-state index >= 15 is 0 Å². The number of carbonyl (C=O) groups is 1. The first kappa shape index (κ1) is 15.6. The highest BCUT2D eigenvalue weighted by atomic mass is 32.2. The average Bonchev–Trinajstić information content (AvgIpc) is 3.01. The lowest BCUT2D eigenvalue weighted by molar-refractivity contribution is -0.119. The van der Waals surface area contributed by atoms with Gasteiger partial charge in [0.25, 0.3) is 0 Å². The summed E-state index contributed by atoms with van der Waals surface area (Å²) in [5.74, 6) is 1.91. The minimum atomic E-state index is 0.0541. The minimum absolute atomic E-state index is 0.0541. The summed E-state index contributed by atoms with van der Waals surface area (Å²) in [7, 11) is 0. The van der Waals surface area contributed by atoms with Gasteiger partial charge in [-0.1, -0.05) is 42.5 Å². The highest BCUT2D eigenvalue weighted by molar-refractivity contribution is 8.01. The number of thioether (sulfide) groups is 1. The second-order valence-electron chi connectivity index (χ2n) is 6.46. The number of nitrogens with one attached hydrogen (secondary N) is 1. The zero-order valence-corrected chi connectivity index (χ0v) is 14.4. The molecule has 1 amide bonds. The van der Waals surface area contributed by atoms with Gasteiger partial charge in [-0.2, -0.15) is 0 Å². The Balaban J connectivity index is 1.42. The Bertz CT molecular complexity index is 732. The van der Waals surface area contributed by atoms with Crippen molar-refractivity contribution in [3.05, 3.63) is 65.2 Å². The third kappa shape index (κ3) is 3.44. The predicted octanol–water partition coefficient (Wildman–Crippen LogP) is 3.35. The van der Waals surface area contributed by atoms with Crippen LogP contribution in [0.25, 0.3) is 0 Å². The molecule has 2 aromatic carbocycles. The molecule has 1 N–H and O–H groups in total. The van der Waals surface area contributed by atoms with Gasteiger partial charge in [-0.3, -0.25) is 4.79 Å². The molecular weight excluding hydrogens is 318 g/mol. The summed E-state index contributed by atoms with van der Waals surface area (Å²) in [6.45, 7) is 0. The van der Waals surface area contributed by atoms with Crippen molar-refractivity contribution in [1.29, 1.82) is 0 Å². The first-order valence-corrected chi connectivity index (χ1v) is 9.54. The lowest BCUT2D eigenvalue weighted by atomic mass is 9.95. The molecule has 2 heterocycles. The molecule has 0 radical (unpaired) electrons. The van der Waals surface area contributed by atoms with Crippen LogP contribution in [0.15, 0.2) is 48.5 Å². The van der Waals surface area contributed by atoms with E-state index in [1.54, 1.807) is 11.8 Å². The summed E-state index contributed by atoms with van der Waals surface area (Å²) in [5.41, 5.74) is 3.83. The summed E-state index contributed by atoms with van der Waals surface area (Å²) in [4.78, 5) is 11.7. The Hall–Kier alpha value is -1.94. The van der Waals surface area contributed by atoms with Gasteiger partial charge in [-0.25, -0.2) is 0 Å². The van der Waals surface area contributed by atoms with Crippen molar-refractivity contribution in [3.63, 3.8) is 0 Å². The largest absolute Gasteiger partial charge is 0.490 e. The van der Waals surface area contributed by atoms with Crippen molar-refractivity contribution < 1.29 is 9.53 Å². The Morgan fingerprint density at radius 2 is 1.96 bits per heavy atom. The lowest BCUT2D eigenvalue weighted by Gasteiger charge is -2.27. The van der Waals surface area contributed by atoms with Gasteiger partial charge in [0, 0.05) is 6.42 Å². The maximum atomic E-state index is 11.7. The average molecular weight is 339 g/mol. The molecule has 2 atom stereocenters. The maximum absolute atomic E-state index is 11.7. The van der Waals surface area contributed by atoms with E-state index in [9.17, 15) is 4.79 Å². The third-order valence-corrected chi connectivity index (χ3v) is 5.80. The van der Waals surface area contributed by atoms with E-state index in [1.807, 2.05) is 6.07 Å². The van der Waals surface area contributed by atoms with Crippen LogP contribution in [-0.2, 0) is 24.1 Å². The Kier molecular flexibility index (Phi) is 4.48. The van der Waals surface area contributed by atoms with Gasteiger partial charge in [-0.05, 0) is 42.0 Å². The van der Waals surface area contributed by atoms with E-state index in [1.165, 1.54) is 16.7 Å². The smallest absolute Gasteiger partial charge is 0.234 e. The second-order valence-corrected chi connectivity index (χ2v) is 7.65. The van der Waals surface area contributed by atoms with Gasteiger partial charge in [0.05, 0.1) is 11.1 Å². The molecule has 24 heavy (non-hydrogen) atoms. The number of fused-ring (bicyclic) bond motifs is 1. The van der Waals surface area contributed by atoms with Crippen LogP contribution in [-0.4, -0.2) is 23.1 Å². The number of ether oxygens (including phenoxy) is 1. The van der Waals surface area contributed by atoms with Crippen LogP contribution in [0, 0.1) is 0 Å². The van der Waals surface area contributed by atoms with Gasteiger partial charge in [0.2, 0.25) is 5.91 Å². The summed E-state index contributed by atoms with van der Waals surface area (Å²) in [6.07, 6.45) is 4.11. The van der Waals surface area contributed by atoms with Crippen LogP contribution in [0.2, 0.25) is 0 Å². The number of benzene rings is 2. The fourth-order valence-electron chi connectivity index (χ4n) is 3.41. The van der Waals surface area contributed by atoms with Crippen molar-refractivity contribution in [3.8, 4) is 5.75 Å². The number of carbonyl (C=O) groups excluding carboxylic acids is 1. The number of amides is 1. The molecule has 2 aliphatic rings. The topological polar surface area (TPSA) is 38.3 Å². The molecule has 0 saturated carbocycles. The summed E-state index contributed by atoms with van der Waals surface area (Å²) in [6, 6.07) is 16.9. The van der Waals surface area contributed by atoms with Crippen molar-refractivity contribution in [2.75, 3.05) is 5.88 Å². The number of rotatable bonds is 4. The molecule has 0 bridgehead atoms. The van der Waals surface area contributed by atoms with Crippen molar-refractivity contribution >= 4 is 17.7 Å². The molecule has 124 valence electrons. The fourth-order valence-corrected chi connectivity index (χ4v) is 4.39. The highest BCUT2D eigenvalue weighted by Gasteiger charge is 2.26. The first-order chi connectivity index (χ1) is 11.8. The molecule has 3 nitrogen and oxygen atoms in total. The molecule has 4 heteroatoms. The third-order valence-electron chi connectivity index (χ3n) is 4.70. The monoisotopic (exact) mass is 339 g/mol. The van der Waals surface area contributed by atoms with Gasteiger partial charge >= 0.3 is 0 Å². The van der Waals surface area contributed by atoms with Crippen molar-refractivity contribution in [1.82, 2.24) is 5.32 Å². The zero-order valence-electron chi connectivity index (χ0n) is 13.5. The normalized spacial score (nSPS) is 22.6. The second kappa shape index (κ2) is 6.89. The van der Waals surface area contributed by atoms with E-state index in [0.717, 1.165) is 37.3 Å². The Labute approximate surface area is 146 Å². The molecule has 0 aromatic heterocycles. The molecule has 2 unspecified atom stereocenters. The summed E-state index contributed by atoms with van der Waals surface area (Å²) in [5, 5.41) is 2.93. The quantitative estimate of drug-likeness (QED) is 0.928. The molecule has 1 fully saturated rings. The van der Waals surface area contributed by atoms with Crippen LogP contribution in [0.5, 0.6) is 5.75 Å².